The minimum Gasteiger partial charge on any atom is -0.502 e. The molecule has 0 bridgehead atoms. The van der Waals surface area contributed by atoms with Crippen molar-refractivity contribution in [2.24, 2.45) is 32.4 Å². The topological polar surface area (TPSA) is 150 Å². The van der Waals surface area contributed by atoms with Crippen molar-refractivity contribution in [2.45, 2.75) is 166 Å². The molecule has 1 aromatic carbocycles. The number of methoxy groups -OCH3 is 2. The monoisotopic (exact) mass is 1010 g/mol. The number of aryl methyl sites for hydroxylation is 1. The number of hydrogen-bond acceptors (Lipinski definition) is 14. The van der Waals surface area contributed by atoms with E-state index in [0.29, 0.717) is 23.5 Å². The van der Waals surface area contributed by atoms with Crippen LogP contribution in [0.5, 0.6) is 0 Å². The second kappa shape index (κ2) is 33.1. The molecule has 0 radical (unpaired) electrons. The maximum absolute atomic E-state index is 12.5. The molecule has 1 aromatic rings. The highest BCUT2D eigenvalue weighted by molar-refractivity contribution is 8.77. The fourth-order valence-corrected chi connectivity index (χ4v) is 7.35. The number of carbonyl (C=O) groups is 4. The number of benzene rings is 1. The van der Waals surface area contributed by atoms with Gasteiger partial charge in [-0.1, -0.05) is 142 Å². The van der Waals surface area contributed by atoms with E-state index in [0.717, 1.165) is 36.3 Å². The van der Waals surface area contributed by atoms with Crippen LogP contribution in [0.4, 0.5) is 13.2 Å². The molecule has 0 aromatic heterocycles. The number of esters is 1. The highest BCUT2D eigenvalue weighted by atomic mass is 33.1. The molecule has 0 aliphatic carbocycles. The largest absolute Gasteiger partial charge is 0.502 e. The van der Waals surface area contributed by atoms with E-state index in [9.17, 15) is 32.3 Å². The van der Waals surface area contributed by atoms with Crippen molar-refractivity contribution < 1.29 is 46.7 Å². The van der Waals surface area contributed by atoms with Crippen LogP contribution >= 0.6 is 43.2 Å². The highest BCUT2D eigenvalue weighted by Gasteiger charge is 2.65. The van der Waals surface area contributed by atoms with Crippen LogP contribution < -0.4 is 5.90 Å². The van der Waals surface area contributed by atoms with Gasteiger partial charge in [-0.25, -0.2) is 5.90 Å². The SMILES string of the molecule is C=C(C)OC.CC(C)(C)CCCN1C(=O)C=CC1=O.CC(C)(C)ON.COC(=O)C(C)(C)C.CSSC(C)(C)C.CSSCCC(=O)CC(C)(C)C.Cc1ccc(C2(C(F)(F)F)N=N2)cc1. The Morgan fingerprint density at radius 1 is 0.788 bits per heavy atom. The number of ether oxygens (including phenoxy) is 2. The van der Waals surface area contributed by atoms with E-state index in [4.69, 9.17) is 5.90 Å². The average Bonchev–Trinajstić information content (AvgIpc) is 3.92. The number of ketones is 1. The number of allylic oxidation sites excluding steroid dienone is 1. The van der Waals surface area contributed by atoms with Crippen molar-refractivity contribution >= 4 is 66.7 Å². The lowest BCUT2D eigenvalue weighted by molar-refractivity contribution is -0.166. The van der Waals surface area contributed by atoms with Crippen molar-refractivity contribution in [3.05, 3.63) is 59.9 Å². The molecule has 384 valence electrons. The Bertz CT molecular complexity index is 1600. The van der Waals surface area contributed by atoms with Gasteiger partial charge in [0.2, 0.25) is 0 Å². The molecule has 0 spiro atoms. The van der Waals surface area contributed by atoms with Crippen molar-refractivity contribution in [3.8, 4) is 0 Å². The number of rotatable bonds is 11. The minimum atomic E-state index is -4.43. The molecule has 0 unspecified atom stereocenters. The molecule has 3 rings (SSSR count). The Kier molecular flexibility index (Phi) is 35.1. The van der Waals surface area contributed by atoms with Gasteiger partial charge in [0.15, 0.2) is 0 Å². The van der Waals surface area contributed by atoms with Gasteiger partial charge in [-0.2, -0.15) is 13.2 Å². The zero-order valence-electron chi connectivity index (χ0n) is 44.0. The summed E-state index contributed by atoms with van der Waals surface area (Å²) in [6.45, 7) is 38.2. The van der Waals surface area contributed by atoms with Gasteiger partial charge in [-0.3, -0.25) is 28.9 Å². The lowest BCUT2D eigenvalue weighted by Gasteiger charge is -2.20. The molecule has 66 heavy (non-hydrogen) atoms. The van der Waals surface area contributed by atoms with Crippen molar-refractivity contribution in [1.29, 1.82) is 0 Å². The molecular formula is C48H85F3N4O7S4. The Morgan fingerprint density at radius 3 is 1.47 bits per heavy atom. The number of alkyl halides is 3. The number of amides is 2. The first-order valence-corrected chi connectivity index (χ1v) is 26.6. The Balaban J connectivity index is -0.000000351. The highest BCUT2D eigenvalue weighted by Crippen LogP contribution is 2.52. The summed E-state index contributed by atoms with van der Waals surface area (Å²) in [4.78, 5) is 50.0. The zero-order valence-corrected chi connectivity index (χ0v) is 47.2. The van der Waals surface area contributed by atoms with Gasteiger partial charge in [0.25, 0.3) is 11.8 Å². The Morgan fingerprint density at radius 2 is 1.23 bits per heavy atom. The van der Waals surface area contributed by atoms with Gasteiger partial charge in [-0.15, -0.1) is 10.2 Å². The number of nitrogens with two attached hydrogens (primary N) is 1. The zero-order chi connectivity index (χ0) is 53.0. The van der Waals surface area contributed by atoms with Gasteiger partial charge >= 0.3 is 17.8 Å². The Labute approximate surface area is 413 Å². The first-order valence-electron chi connectivity index (χ1n) is 21.4. The van der Waals surface area contributed by atoms with Gasteiger partial charge in [0, 0.05) is 47.6 Å². The van der Waals surface area contributed by atoms with E-state index in [-0.39, 0.29) is 45.2 Å². The normalized spacial score (nSPS) is 13.8. The third kappa shape index (κ3) is 40.5. The summed E-state index contributed by atoms with van der Waals surface area (Å²) in [6.07, 6.45) is 5.72. The molecule has 2 amide bonds. The van der Waals surface area contributed by atoms with Crippen molar-refractivity contribution in [3.63, 3.8) is 0 Å². The first kappa shape index (κ1) is 70.1. The molecule has 2 aliphatic heterocycles. The van der Waals surface area contributed by atoms with E-state index in [2.05, 4.69) is 99.7 Å². The molecule has 2 N–H and O–H groups in total. The molecule has 2 heterocycles. The van der Waals surface area contributed by atoms with Crippen LogP contribution in [0.15, 0.2) is 59.0 Å². The van der Waals surface area contributed by atoms with Crippen LogP contribution in [0.3, 0.4) is 0 Å². The summed E-state index contributed by atoms with van der Waals surface area (Å²) < 4.78 is 46.9. The van der Waals surface area contributed by atoms with Gasteiger partial charge in [0.1, 0.15) is 5.78 Å². The predicted octanol–water partition coefficient (Wildman–Crippen LogP) is 14.1. The summed E-state index contributed by atoms with van der Waals surface area (Å²) in [7, 11) is 10.2. The molecule has 0 saturated heterocycles. The summed E-state index contributed by atoms with van der Waals surface area (Å²) in [5.41, 5.74) is -1.40. The number of hydrogen-bond donors (Lipinski definition) is 1. The minimum absolute atomic E-state index is 0.0793. The quantitative estimate of drug-likeness (QED) is 0.0561. The lowest BCUT2D eigenvalue weighted by atomic mass is 9.89. The van der Waals surface area contributed by atoms with Crippen molar-refractivity contribution in [2.75, 3.05) is 39.0 Å². The van der Waals surface area contributed by atoms with E-state index >= 15 is 0 Å². The predicted molar refractivity (Wildman–Crippen MR) is 277 cm³/mol. The summed E-state index contributed by atoms with van der Waals surface area (Å²) in [5.74, 6) is 6.38. The van der Waals surface area contributed by atoms with Crippen LogP contribution in [0.1, 0.15) is 148 Å². The number of imide groups is 1. The fraction of sp³-hybridized carbons (Fsp3) is 0.708. The molecule has 18 heteroatoms. The summed E-state index contributed by atoms with van der Waals surface area (Å²) in [5, 5.41) is 6.21. The third-order valence-electron chi connectivity index (χ3n) is 7.50. The molecule has 0 atom stereocenters. The van der Waals surface area contributed by atoms with E-state index in [1.165, 1.54) is 36.3 Å². The first-order chi connectivity index (χ1) is 29.7. The third-order valence-corrected chi connectivity index (χ3v) is 12.0. The maximum Gasteiger partial charge on any atom is 0.442 e. The smallest absolute Gasteiger partial charge is 0.442 e. The number of nitrogens with zero attached hydrogens (tertiary/aromatic N) is 3. The van der Waals surface area contributed by atoms with Crippen LogP contribution in [0.25, 0.3) is 0 Å². The van der Waals surface area contributed by atoms with Gasteiger partial charge in [-0.05, 0) is 91.6 Å². The van der Waals surface area contributed by atoms with E-state index in [1.807, 2.05) is 76.3 Å². The standard InChI is InChI=1S/C11H17NO2.C9H7F3N2.C9H18OS2.C6H12O2.C5H12S2.C4H11NO.C4H8O/c1-11(2,3)7-4-8-12-9(13)5-6-10(12)14;1-6-2-4-7(5-3-6)8(13-14-8)9(10,11)12;1-9(2,3)7-8(10)5-6-12-11-4;1-6(2,3)5(7)8-4;1-5(2,3)7-6-4;1-4(2,3)6-5;1-4(2)5-3/h5-6H,4,7-8H2,1-3H3;2-5H,1H3;5-7H2,1-4H3;1-4H3;1-4H3;5H2,1-3H3;1H2,2-3H3. The van der Waals surface area contributed by atoms with Gasteiger partial charge in [0.05, 0.1) is 31.0 Å². The van der Waals surface area contributed by atoms with Gasteiger partial charge < -0.3 is 9.47 Å². The fourth-order valence-electron chi connectivity index (χ4n) is 4.12. The summed E-state index contributed by atoms with van der Waals surface area (Å²) in [6, 6.07) is 6.05. The number of halogens is 3. The lowest BCUT2D eigenvalue weighted by Crippen LogP contribution is -2.31. The summed E-state index contributed by atoms with van der Waals surface area (Å²) >= 11 is 0. The van der Waals surface area contributed by atoms with E-state index in [1.54, 1.807) is 47.8 Å². The van der Waals surface area contributed by atoms with Crippen LogP contribution in [0, 0.1) is 23.2 Å². The molecule has 0 saturated carbocycles. The number of carbonyl (C=O) groups excluding carboxylic acids is 4. The molecule has 11 nitrogen and oxygen atoms in total. The average molecular weight is 1020 g/mol. The van der Waals surface area contributed by atoms with Crippen molar-refractivity contribution in [1.82, 2.24) is 4.90 Å². The molecule has 0 fully saturated rings. The maximum atomic E-state index is 12.5. The molecular weight excluding hydrogens is 930 g/mol. The van der Waals surface area contributed by atoms with Crippen LogP contribution in [-0.2, 0) is 39.2 Å². The Hall–Kier alpha value is -2.51. The second-order valence-corrected chi connectivity index (χ2v) is 26.2. The van der Waals surface area contributed by atoms with E-state index < -0.39 is 11.8 Å². The molecule has 2 aliphatic rings. The van der Waals surface area contributed by atoms with Crippen LogP contribution in [-0.4, -0.2) is 84.0 Å². The second-order valence-electron chi connectivity index (χ2n) is 20.3. The van der Waals surface area contributed by atoms with Crippen LogP contribution in [0.2, 0.25) is 0 Å². The number of Topliss-reactive ketones (excluding diaryl/α,β-unsaturated/α-hetero) is 1.